The summed E-state index contributed by atoms with van der Waals surface area (Å²) >= 11 is 0. The van der Waals surface area contributed by atoms with Crippen LogP contribution < -0.4 is 0 Å². The standard InChI is InChI=1S/C8H6O4/c9-5-6(8(10)11)4-7-2-1-3-12-7/h1-5H,(H,10,11)/b6-4+. The quantitative estimate of drug-likeness (QED) is 0.314. The smallest absolute Gasteiger partial charge is 0.339 e. The van der Waals surface area contributed by atoms with Gasteiger partial charge in [-0.2, -0.15) is 0 Å². The molecule has 0 aromatic carbocycles. The number of furan rings is 1. The third-order valence-electron chi connectivity index (χ3n) is 1.21. The summed E-state index contributed by atoms with van der Waals surface area (Å²) in [5.74, 6) is -0.916. The van der Waals surface area contributed by atoms with E-state index in [0.717, 1.165) is 6.08 Å². The van der Waals surface area contributed by atoms with E-state index in [1.165, 1.54) is 6.26 Å². The summed E-state index contributed by atoms with van der Waals surface area (Å²) in [5, 5.41) is 8.43. The maximum absolute atomic E-state index is 10.3. The van der Waals surface area contributed by atoms with Crippen LogP contribution in [0.4, 0.5) is 0 Å². The molecule has 0 unspecified atom stereocenters. The first kappa shape index (κ1) is 8.26. The molecule has 0 fully saturated rings. The Kier molecular flexibility index (Phi) is 2.42. The van der Waals surface area contributed by atoms with E-state index in [4.69, 9.17) is 9.52 Å². The van der Waals surface area contributed by atoms with Gasteiger partial charge >= 0.3 is 5.97 Å². The van der Waals surface area contributed by atoms with E-state index in [0.29, 0.717) is 5.76 Å². The van der Waals surface area contributed by atoms with Crippen LogP contribution in [-0.2, 0) is 9.59 Å². The van der Waals surface area contributed by atoms with Gasteiger partial charge in [-0.3, -0.25) is 4.79 Å². The number of carboxylic acid groups (broad SMARTS) is 1. The van der Waals surface area contributed by atoms with Crippen LogP contribution in [0.15, 0.2) is 28.4 Å². The van der Waals surface area contributed by atoms with E-state index in [1.54, 1.807) is 12.1 Å². The summed E-state index contributed by atoms with van der Waals surface area (Å²) in [6.07, 6.45) is 2.83. The minimum Gasteiger partial charge on any atom is -0.478 e. The summed E-state index contributed by atoms with van der Waals surface area (Å²) in [5.41, 5.74) is -0.329. The molecule has 4 heteroatoms. The topological polar surface area (TPSA) is 67.5 Å². The maximum atomic E-state index is 10.3. The fraction of sp³-hybridized carbons (Fsp3) is 0. The Hall–Kier alpha value is -1.84. The van der Waals surface area contributed by atoms with Crippen LogP contribution in [0.1, 0.15) is 5.76 Å². The fourth-order valence-electron chi connectivity index (χ4n) is 0.673. The molecule has 0 aliphatic rings. The molecule has 4 nitrogen and oxygen atoms in total. The molecular formula is C8H6O4. The SMILES string of the molecule is O=C/C(=C\c1ccco1)C(=O)O. The first-order valence-electron chi connectivity index (χ1n) is 3.17. The van der Waals surface area contributed by atoms with Gasteiger partial charge in [-0.05, 0) is 18.2 Å². The summed E-state index contributed by atoms with van der Waals surface area (Å²) in [4.78, 5) is 20.5. The minimum atomic E-state index is -1.26. The van der Waals surface area contributed by atoms with Gasteiger partial charge in [-0.25, -0.2) is 4.79 Å². The van der Waals surface area contributed by atoms with Crippen LogP contribution in [0.3, 0.4) is 0 Å². The normalized spacial score (nSPS) is 11.2. The van der Waals surface area contributed by atoms with Crippen LogP contribution in [0.25, 0.3) is 6.08 Å². The van der Waals surface area contributed by atoms with Crippen molar-refractivity contribution >= 4 is 18.3 Å². The lowest BCUT2D eigenvalue weighted by molar-refractivity contribution is -0.133. The van der Waals surface area contributed by atoms with Crippen LogP contribution in [0.5, 0.6) is 0 Å². The van der Waals surface area contributed by atoms with Gasteiger partial charge in [-0.15, -0.1) is 0 Å². The Morgan fingerprint density at radius 1 is 1.58 bits per heavy atom. The molecule has 0 atom stereocenters. The Bertz CT molecular complexity index is 308. The average Bonchev–Trinajstić information content (AvgIpc) is 2.51. The van der Waals surface area contributed by atoms with Crippen LogP contribution in [0.2, 0.25) is 0 Å². The van der Waals surface area contributed by atoms with Crippen LogP contribution in [-0.4, -0.2) is 17.4 Å². The second-order valence-electron chi connectivity index (χ2n) is 2.04. The second kappa shape index (κ2) is 3.52. The molecule has 1 heterocycles. The number of aliphatic carboxylic acids is 1. The molecule has 1 aromatic rings. The van der Waals surface area contributed by atoms with E-state index < -0.39 is 5.97 Å². The highest BCUT2D eigenvalue weighted by atomic mass is 16.4. The lowest BCUT2D eigenvalue weighted by Crippen LogP contribution is -2.00. The molecule has 0 amide bonds. The minimum absolute atomic E-state index is 0.269. The highest BCUT2D eigenvalue weighted by Crippen LogP contribution is 2.05. The Morgan fingerprint density at radius 2 is 2.33 bits per heavy atom. The number of carbonyl (C=O) groups excluding carboxylic acids is 1. The zero-order valence-electron chi connectivity index (χ0n) is 6.06. The number of carbonyl (C=O) groups is 2. The van der Waals surface area contributed by atoms with Crippen molar-refractivity contribution < 1.29 is 19.1 Å². The lowest BCUT2D eigenvalue weighted by atomic mass is 10.2. The molecule has 0 spiro atoms. The van der Waals surface area contributed by atoms with Gasteiger partial charge in [0, 0.05) is 0 Å². The van der Waals surface area contributed by atoms with Crippen molar-refractivity contribution in [2.24, 2.45) is 0 Å². The summed E-state index contributed by atoms with van der Waals surface area (Å²) in [6, 6.07) is 3.17. The number of hydrogen-bond donors (Lipinski definition) is 1. The van der Waals surface area contributed by atoms with Gasteiger partial charge < -0.3 is 9.52 Å². The molecule has 0 saturated carbocycles. The maximum Gasteiger partial charge on any atom is 0.339 e. The molecule has 12 heavy (non-hydrogen) atoms. The number of rotatable bonds is 3. The Labute approximate surface area is 68.1 Å². The molecule has 0 aliphatic carbocycles. The van der Waals surface area contributed by atoms with E-state index in [-0.39, 0.29) is 11.9 Å². The third kappa shape index (κ3) is 1.82. The second-order valence-corrected chi connectivity index (χ2v) is 2.04. The fourth-order valence-corrected chi connectivity index (χ4v) is 0.673. The first-order chi connectivity index (χ1) is 5.74. The molecule has 0 saturated heterocycles. The monoisotopic (exact) mass is 166 g/mol. The zero-order valence-corrected chi connectivity index (χ0v) is 6.06. The summed E-state index contributed by atoms with van der Waals surface area (Å²) in [7, 11) is 0. The molecule has 1 N–H and O–H groups in total. The van der Waals surface area contributed by atoms with Gasteiger partial charge in [-0.1, -0.05) is 0 Å². The zero-order chi connectivity index (χ0) is 8.97. The highest BCUT2D eigenvalue weighted by molar-refractivity contribution is 6.10. The van der Waals surface area contributed by atoms with E-state index >= 15 is 0 Å². The molecule has 62 valence electrons. The Morgan fingerprint density at radius 3 is 2.75 bits per heavy atom. The van der Waals surface area contributed by atoms with Gasteiger partial charge in [0.05, 0.1) is 6.26 Å². The van der Waals surface area contributed by atoms with Gasteiger partial charge in [0.25, 0.3) is 0 Å². The first-order valence-corrected chi connectivity index (χ1v) is 3.17. The largest absolute Gasteiger partial charge is 0.478 e. The summed E-state index contributed by atoms with van der Waals surface area (Å²) < 4.78 is 4.82. The van der Waals surface area contributed by atoms with Crippen molar-refractivity contribution in [3.8, 4) is 0 Å². The van der Waals surface area contributed by atoms with Crippen molar-refractivity contribution in [3.63, 3.8) is 0 Å². The number of hydrogen-bond acceptors (Lipinski definition) is 3. The highest BCUT2D eigenvalue weighted by Gasteiger charge is 2.05. The van der Waals surface area contributed by atoms with Gasteiger partial charge in [0.1, 0.15) is 11.3 Å². The molecule has 0 bridgehead atoms. The molecular weight excluding hydrogens is 160 g/mol. The van der Waals surface area contributed by atoms with Gasteiger partial charge in [0.2, 0.25) is 0 Å². The predicted molar refractivity (Wildman–Crippen MR) is 40.4 cm³/mol. The number of aldehydes is 1. The number of carboxylic acids is 1. The van der Waals surface area contributed by atoms with E-state index in [1.807, 2.05) is 0 Å². The van der Waals surface area contributed by atoms with Crippen molar-refractivity contribution in [1.29, 1.82) is 0 Å². The average molecular weight is 166 g/mol. The van der Waals surface area contributed by atoms with Crippen LogP contribution >= 0.6 is 0 Å². The van der Waals surface area contributed by atoms with E-state index in [9.17, 15) is 9.59 Å². The third-order valence-corrected chi connectivity index (χ3v) is 1.21. The van der Waals surface area contributed by atoms with Crippen molar-refractivity contribution in [1.82, 2.24) is 0 Å². The van der Waals surface area contributed by atoms with Crippen molar-refractivity contribution in [2.75, 3.05) is 0 Å². The Balaban J connectivity index is 2.93. The van der Waals surface area contributed by atoms with Crippen molar-refractivity contribution in [3.05, 3.63) is 29.7 Å². The van der Waals surface area contributed by atoms with Crippen LogP contribution in [0, 0.1) is 0 Å². The molecule has 1 rings (SSSR count). The predicted octanol–water partition coefficient (Wildman–Crippen LogP) is 0.947. The molecule has 0 aliphatic heterocycles. The van der Waals surface area contributed by atoms with Gasteiger partial charge in [0.15, 0.2) is 6.29 Å². The molecule has 1 aromatic heterocycles. The summed E-state index contributed by atoms with van der Waals surface area (Å²) in [6.45, 7) is 0. The van der Waals surface area contributed by atoms with E-state index in [2.05, 4.69) is 0 Å². The molecule has 0 radical (unpaired) electrons. The lowest BCUT2D eigenvalue weighted by Gasteiger charge is -1.88. The van der Waals surface area contributed by atoms with Crippen molar-refractivity contribution in [2.45, 2.75) is 0 Å².